The molecule has 1 heterocycles. The Balaban J connectivity index is 3.09. The molecule has 0 bridgehead atoms. The minimum absolute atomic E-state index is 0.413. The van der Waals surface area contributed by atoms with Crippen LogP contribution in [0, 0.1) is 0 Å². The van der Waals surface area contributed by atoms with Crippen molar-refractivity contribution in [3.8, 4) is 0 Å². The van der Waals surface area contributed by atoms with E-state index in [-0.39, 0.29) is 0 Å². The average Bonchev–Trinajstić information content (AvgIpc) is 2.36. The maximum Gasteiger partial charge on any atom is 0.144 e. The third-order valence-corrected chi connectivity index (χ3v) is 3.70. The molecule has 0 radical (unpaired) electrons. The van der Waals surface area contributed by atoms with E-state index in [0.717, 1.165) is 47.6 Å². The molecule has 0 aliphatic carbocycles. The summed E-state index contributed by atoms with van der Waals surface area (Å²) in [6, 6.07) is 0. The summed E-state index contributed by atoms with van der Waals surface area (Å²) < 4.78 is 1.01. The highest BCUT2D eigenvalue weighted by atomic mass is 79.9. The predicted octanol–water partition coefficient (Wildman–Crippen LogP) is 4.14. The maximum absolute atomic E-state index is 4.63. The van der Waals surface area contributed by atoms with Gasteiger partial charge in [0.2, 0.25) is 0 Å². The van der Waals surface area contributed by atoms with Crippen LogP contribution in [0.3, 0.4) is 0 Å². The lowest BCUT2D eigenvalue weighted by Crippen LogP contribution is -2.10. The van der Waals surface area contributed by atoms with Gasteiger partial charge >= 0.3 is 0 Å². The Labute approximate surface area is 113 Å². The van der Waals surface area contributed by atoms with Gasteiger partial charge in [-0.2, -0.15) is 0 Å². The first kappa shape index (κ1) is 14.4. The summed E-state index contributed by atoms with van der Waals surface area (Å²) in [5, 5.41) is 3.36. The van der Waals surface area contributed by atoms with Crippen LogP contribution in [0.2, 0.25) is 0 Å². The van der Waals surface area contributed by atoms with Crippen LogP contribution >= 0.6 is 15.9 Å². The number of nitrogens with one attached hydrogen (secondary N) is 1. The summed E-state index contributed by atoms with van der Waals surface area (Å²) in [6.45, 7) is 9.56. The molecule has 0 amide bonds. The van der Waals surface area contributed by atoms with Crippen LogP contribution in [-0.2, 0) is 6.42 Å². The van der Waals surface area contributed by atoms with E-state index in [4.69, 9.17) is 0 Å². The van der Waals surface area contributed by atoms with Gasteiger partial charge in [-0.15, -0.1) is 0 Å². The molecular formula is C13H22BrN3. The van der Waals surface area contributed by atoms with Crippen LogP contribution in [0.1, 0.15) is 58.0 Å². The van der Waals surface area contributed by atoms with Crippen LogP contribution in [0.15, 0.2) is 4.47 Å². The molecule has 0 aliphatic heterocycles. The number of nitrogens with zero attached hydrogens (tertiary/aromatic N) is 2. The smallest absolute Gasteiger partial charge is 0.144 e. The molecular weight excluding hydrogens is 278 g/mol. The topological polar surface area (TPSA) is 37.8 Å². The molecule has 1 unspecified atom stereocenters. The molecule has 4 heteroatoms. The van der Waals surface area contributed by atoms with Crippen LogP contribution < -0.4 is 5.32 Å². The highest BCUT2D eigenvalue weighted by molar-refractivity contribution is 9.10. The third kappa shape index (κ3) is 3.66. The van der Waals surface area contributed by atoms with E-state index < -0.39 is 0 Å². The van der Waals surface area contributed by atoms with Crippen molar-refractivity contribution < 1.29 is 0 Å². The Hall–Kier alpha value is -0.640. The highest BCUT2D eigenvalue weighted by Crippen LogP contribution is 2.27. The molecule has 17 heavy (non-hydrogen) atoms. The Bertz CT molecular complexity index is 366. The molecule has 0 saturated heterocycles. The van der Waals surface area contributed by atoms with E-state index in [2.05, 4.69) is 58.9 Å². The van der Waals surface area contributed by atoms with E-state index in [1.165, 1.54) is 0 Å². The number of aromatic nitrogens is 2. The number of aryl methyl sites for hydroxylation is 1. The lowest BCUT2D eigenvalue weighted by Gasteiger charge is -2.14. The van der Waals surface area contributed by atoms with Crippen molar-refractivity contribution in [3.63, 3.8) is 0 Å². The van der Waals surface area contributed by atoms with Gasteiger partial charge in [0.05, 0.1) is 10.2 Å². The molecule has 0 fully saturated rings. The van der Waals surface area contributed by atoms with Gasteiger partial charge in [0, 0.05) is 12.5 Å². The summed E-state index contributed by atoms with van der Waals surface area (Å²) in [7, 11) is 0. The Kier molecular flexibility index (Phi) is 5.89. The quantitative estimate of drug-likeness (QED) is 0.858. The molecule has 0 aromatic carbocycles. The summed E-state index contributed by atoms with van der Waals surface area (Å²) in [5.74, 6) is 2.30. The van der Waals surface area contributed by atoms with E-state index in [1.54, 1.807) is 0 Å². The average molecular weight is 300 g/mol. The van der Waals surface area contributed by atoms with E-state index in [1.807, 2.05) is 0 Å². The number of halogens is 1. The fraction of sp³-hybridized carbons (Fsp3) is 0.692. The second kappa shape index (κ2) is 6.94. The normalized spacial score (nSPS) is 12.5. The van der Waals surface area contributed by atoms with Crippen molar-refractivity contribution in [2.75, 3.05) is 11.9 Å². The Morgan fingerprint density at radius 1 is 1.24 bits per heavy atom. The Morgan fingerprint density at radius 3 is 2.47 bits per heavy atom. The van der Waals surface area contributed by atoms with Crippen LogP contribution in [0.4, 0.5) is 5.82 Å². The van der Waals surface area contributed by atoms with Crippen LogP contribution in [-0.4, -0.2) is 16.5 Å². The molecule has 1 atom stereocenters. The highest BCUT2D eigenvalue weighted by Gasteiger charge is 2.14. The zero-order chi connectivity index (χ0) is 12.8. The standard InChI is InChI=1S/C13H22BrN3/c1-5-8-15-13-11(14)10(7-3)16-12(17-13)9(4)6-2/h9H,5-8H2,1-4H3,(H,15,16,17). The van der Waals surface area contributed by atoms with Crippen molar-refractivity contribution in [2.45, 2.75) is 52.9 Å². The fourth-order valence-corrected chi connectivity index (χ4v) is 2.11. The zero-order valence-electron chi connectivity index (χ0n) is 11.2. The molecule has 1 rings (SSSR count). The molecule has 3 nitrogen and oxygen atoms in total. The summed E-state index contributed by atoms with van der Waals surface area (Å²) in [4.78, 5) is 9.25. The van der Waals surface area contributed by atoms with E-state index >= 15 is 0 Å². The van der Waals surface area contributed by atoms with Gasteiger partial charge in [0.1, 0.15) is 11.6 Å². The molecule has 0 spiro atoms. The zero-order valence-corrected chi connectivity index (χ0v) is 12.8. The van der Waals surface area contributed by atoms with Crippen molar-refractivity contribution >= 4 is 21.7 Å². The largest absolute Gasteiger partial charge is 0.369 e. The van der Waals surface area contributed by atoms with Gasteiger partial charge in [0.15, 0.2) is 0 Å². The molecule has 1 N–H and O–H groups in total. The minimum atomic E-state index is 0.413. The van der Waals surface area contributed by atoms with Crippen molar-refractivity contribution in [1.29, 1.82) is 0 Å². The Morgan fingerprint density at radius 2 is 1.94 bits per heavy atom. The van der Waals surface area contributed by atoms with E-state index in [9.17, 15) is 0 Å². The van der Waals surface area contributed by atoms with Crippen molar-refractivity contribution in [1.82, 2.24) is 9.97 Å². The first-order valence-corrected chi connectivity index (χ1v) is 7.23. The summed E-state index contributed by atoms with van der Waals surface area (Å²) >= 11 is 3.59. The number of anilines is 1. The van der Waals surface area contributed by atoms with Gasteiger partial charge in [0.25, 0.3) is 0 Å². The summed E-state index contributed by atoms with van der Waals surface area (Å²) in [5.41, 5.74) is 1.09. The predicted molar refractivity (Wildman–Crippen MR) is 76.6 cm³/mol. The second-order valence-electron chi connectivity index (χ2n) is 4.28. The SMILES string of the molecule is CCCNc1nc(C(C)CC)nc(CC)c1Br. The maximum atomic E-state index is 4.63. The minimum Gasteiger partial charge on any atom is -0.369 e. The molecule has 96 valence electrons. The number of hydrogen-bond donors (Lipinski definition) is 1. The van der Waals surface area contributed by atoms with Gasteiger partial charge in [-0.1, -0.05) is 27.7 Å². The van der Waals surface area contributed by atoms with Crippen LogP contribution in [0.25, 0.3) is 0 Å². The lowest BCUT2D eigenvalue weighted by molar-refractivity contribution is 0.670. The summed E-state index contributed by atoms with van der Waals surface area (Å²) in [6.07, 6.45) is 3.09. The third-order valence-electron chi connectivity index (χ3n) is 2.87. The van der Waals surface area contributed by atoms with Gasteiger partial charge in [-0.3, -0.25) is 0 Å². The first-order valence-electron chi connectivity index (χ1n) is 6.44. The van der Waals surface area contributed by atoms with Crippen molar-refractivity contribution in [3.05, 3.63) is 16.0 Å². The molecule has 0 saturated carbocycles. The first-order chi connectivity index (χ1) is 8.13. The number of rotatable bonds is 6. The lowest BCUT2D eigenvalue weighted by atomic mass is 10.1. The fourth-order valence-electron chi connectivity index (χ4n) is 1.51. The monoisotopic (exact) mass is 299 g/mol. The van der Waals surface area contributed by atoms with Gasteiger partial charge < -0.3 is 5.32 Å². The van der Waals surface area contributed by atoms with Gasteiger partial charge in [-0.05, 0) is 35.2 Å². The van der Waals surface area contributed by atoms with Gasteiger partial charge in [-0.25, -0.2) is 9.97 Å². The number of hydrogen-bond acceptors (Lipinski definition) is 3. The van der Waals surface area contributed by atoms with Crippen molar-refractivity contribution in [2.24, 2.45) is 0 Å². The molecule has 1 aromatic heterocycles. The molecule has 1 aromatic rings. The van der Waals surface area contributed by atoms with Crippen LogP contribution in [0.5, 0.6) is 0 Å². The second-order valence-corrected chi connectivity index (χ2v) is 5.07. The van der Waals surface area contributed by atoms with E-state index in [0.29, 0.717) is 5.92 Å². The molecule has 0 aliphatic rings.